The van der Waals surface area contributed by atoms with Crippen molar-refractivity contribution in [2.24, 2.45) is 5.73 Å². The molecule has 2 fully saturated rings. The molecule has 9 nitrogen and oxygen atoms in total. The van der Waals surface area contributed by atoms with Gasteiger partial charge in [0.25, 0.3) is 0 Å². The van der Waals surface area contributed by atoms with Crippen LogP contribution >= 0.6 is 0 Å². The Morgan fingerprint density at radius 3 is 2.56 bits per heavy atom. The van der Waals surface area contributed by atoms with E-state index < -0.39 is 34.4 Å². The van der Waals surface area contributed by atoms with E-state index in [0.717, 1.165) is 4.90 Å². The van der Waals surface area contributed by atoms with Crippen LogP contribution in [-0.4, -0.2) is 53.5 Å². The molecular weight excluding hydrogens is 277 g/mol. The van der Waals surface area contributed by atoms with E-state index in [4.69, 9.17) is 5.73 Å². The molecule has 3 amide bonds. The zero-order chi connectivity index (χ0) is 12.8. The normalized spacial score (nSPS) is 27.1. The van der Waals surface area contributed by atoms with Crippen molar-refractivity contribution >= 4 is 22.3 Å². The Labute approximate surface area is 125 Å². The Bertz CT molecular complexity index is 468. The second-order valence-corrected chi connectivity index (χ2v) is 4.86. The number of nitrogens with zero attached hydrogens (tertiary/aromatic N) is 2. The first kappa shape index (κ1) is 15.7. The topological polar surface area (TPSA) is 133 Å². The third kappa shape index (κ3) is 2.95. The van der Waals surface area contributed by atoms with Crippen LogP contribution in [-0.2, 0) is 19.5 Å². The van der Waals surface area contributed by atoms with E-state index in [1.54, 1.807) is 0 Å². The molecule has 96 valence electrons. The molecule has 0 saturated carbocycles. The summed E-state index contributed by atoms with van der Waals surface area (Å²) in [5.41, 5.74) is 5.11. The van der Waals surface area contributed by atoms with Crippen molar-refractivity contribution in [1.82, 2.24) is 9.96 Å². The van der Waals surface area contributed by atoms with Crippen LogP contribution in [0.3, 0.4) is 0 Å². The molecule has 0 aliphatic carbocycles. The third-order valence-corrected chi connectivity index (χ3v) is 3.17. The molecule has 2 aliphatic rings. The van der Waals surface area contributed by atoms with Crippen LogP contribution in [0, 0.1) is 0 Å². The van der Waals surface area contributed by atoms with Crippen molar-refractivity contribution in [1.29, 1.82) is 0 Å². The summed E-state index contributed by atoms with van der Waals surface area (Å²) < 4.78 is 35.4. The maximum absolute atomic E-state index is 11.7. The molecule has 1 unspecified atom stereocenters. The number of hydrogen-bond donors (Lipinski definition) is 1. The maximum Gasteiger partial charge on any atom is 1.00 e. The number of primary amides is 1. The van der Waals surface area contributed by atoms with E-state index in [1.165, 1.54) is 0 Å². The SMILES string of the molecule is NC(=O)[C@H]1CCC2CN1C(=O)N2OS(=O)(=O)[O-].[Na+]. The van der Waals surface area contributed by atoms with Crippen LogP contribution < -0.4 is 35.3 Å². The van der Waals surface area contributed by atoms with Crippen LogP contribution in [0.5, 0.6) is 0 Å². The molecule has 2 bridgehead atoms. The summed E-state index contributed by atoms with van der Waals surface area (Å²) in [6, 6.07) is -2.14. The minimum Gasteiger partial charge on any atom is -0.724 e. The number of nitrogens with two attached hydrogens (primary N) is 1. The molecule has 2 aliphatic heterocycles. The van der Waals surface area contributed by atoms with Gasteiger partial charge in [-0.2, -0.15) is 9.35 Å². The molecule has 0 aromatic rings. The van der Waals surface area contributed by atoms with E-state index in [0.29, 0.717) is 17.9 Å². The van der Waals surface area contributed by atoms with Crippen molar-refractivity contribution in [3.8, 4) is 0 Å². The fourth-order valence-electron chi connectivity index (χ4n) is 2.12. The Morgan fingerprint density at radius 2 is 2.06 bits per heavy atom. The number of hydroxylamine groups is 2. The second kappa shape index (κ2) is 5.31. The number of carbonyl (C=O) groups excluding carboxylic acids is 2. The number of hydrogen-bond acceptors (Lipinski definition) is 6. The van der Waals surface area contributed by atoms with Crippen molar-refractivity contribution in [3.05, 3.63) is 0 Å². The quantitative estimate of drug-likeness (QED) is 0.314. The first-order valence-corrected chi connectivity index (χ1v) is 6.17. The van der Waals surface area contributed by atoms with E-state index in [1.807, 2.05) is 0 Å². The first-order valence-electron chi connectivity index (χ1n) is 4.84. The van der Waals surface area contributed by atoms with Gasteiger partial charge in [-0.25, -0.2) is 13.2 Å². The smallest absolute Gasteiger partial charge is 0.724 e. The molecule has 0 radical (unpaired) electrons. The molecule has 0 spiro atoms. The fourth-order valence-corrected chi connectivity index (χ4v) is 2.51. The number of fused-ring (bicyclic) bond motifs is 2. The summed E-state index contributed by atoms with van der Waals surface area (Å²) in [7, 11) is -5.00. The first-order chi connectivity index (χ1) is 7.79. The molecule has 2 saturated heterocycles. The molecular formula is C7H10N3NaO6S. The van der Waals surface area contributed by atoms with Crippen LogP contribution in [0.1, 0.15) is 12.8 Å². The van der Waals surface area contributed by atoms with Crippen LogP contribution in [0.2, 0.25) is 0 Å². The van der Waals surface area contributed by atoms with Gasteiger partial charge in [-0.15, -0.1) is 0 Å². The average Bonchev–Trinajstić information content (AvgIpc) is 2.42. The summed E-state index contributed by atoms with van der Waals surface area (Å²) in [6.07, 6.45) is 0.676. The monoisotopic (exact) mass is 287 g/mol. The van der Waals surface area contributed by atoms with E-state index in [9.17, 15) is 22.6 Å². The third-order valence-electron chi connectivity index (χ3n) is 2.82. The molecule has 2 N–H and O–H groups in total. The molecule has 0 aromatic heterocycles. The minimum absolute atomic E-state index is 0. The molecule has 2 heterocycles. The van der Waals surface area contributed by atoms with E-state index in [2.05, 4.69) is 4.28 Å². The Kier molecular flexibility index (Phi) is 4.62. The number of carbonyl (C=O) groups is 2. The number of piperidine rings is 1. The molecule has 18 heavy (non-hydrogen) atoms. The van der Waals surface area contributed by atoms with Gasteiger partial charge in [-0.1, -0.05) is 0 Å². The Hall–Kier alpha value is -0.390. The zero-order valence-electron chi connectivity index (χ0n) is 9.61. The van der Waals surface area contributed by atoms with Crippen LogP contribution in [0.25, 0.3) is 0 Å². The predicted molar refractivity (Wildman–Crippen MR) is 50.7 cm³/mol. The van der Waals surface area contributed by atoms with Gasteiger partial charge >= 0.3 is 35.6 Å². The van der Waals surface area contributed by atoms with Crippen molar-refractivity contribution in [2.45, 2.75) is 24.9 Å². The summed E-state index contributed by atoms with van der Waals surface area (Å²) in [4.78, 5) is 23.9. The van der Waals surface area contributed by atoms with Gasteiger partial charge in [0.2, 0.25) is 16.3 Å². The van der Waals surface area contributed by atoms with Gasteiger partial charge in [0, 0.05) is 6.54 Å². The van der Waals surface area contributed by atoms with Gasteiger partial charge < -0.3 is 15.2 Å². The van der Waals surface area contributed by atoms with Crippen molar-refractivity contribution in [3.63, 3.8) is 0 Å². The number of amides is 3. The Morgan fingerprint density at radius 1 is 1.44 bits per heavy atom. The average molecular weight is 287 g/mol. The van der Waals surface area contributed by atoms with Gasteiger partial charge in [0.15, 0.2) is 0 Å². The molecule has 2 rings (SSSR count). The van der Waals surface area contributed by atoms with Gasteiger partial charge in [0.05, 0.1) is 6.04 Å². The predicted octanol–water partition coefficient (Wildman–Crippen LogP) is -4.86. The summed E-state index contributed by atoms with van der Waals surface area (Å²) in [5, 5.41) is 0.505. The van der Waals surface area contributed by atoms with Gasteiger partial charge in [-0.3, -0.25) is 4.79 Å². The standard InChI is InChI=1S/C7H11N3O6S.Na/c8-6(11)5-2-1-4-3-9(5)7(12)10(4)16-17(13,14)15;/h4-5H,1-3H2,(H2,8,11)(H,13,14,15);/q;+1/p-1/t4?,5-;/m1./s1. The second-order valence-electron chi connectivity index (χ2n) is 3.89. The number of urea groups is 1. The van der Waals surface area contributed by atoms with E-state index in [-0.39, 0.29) is 36.1 Å². The van der Waals surface area contributed by atoms with Crippen LogP contribution in [0.15, 0.2) is 0 Å². The van der Waals surface area contributed by atoms with Crippen LogP contribution in [0.4, 0.5) is 4.79 Å². The van der Waals surface area contributed by atoms with Crippen molar-refractivity contribution in [2.75, 3.05) is 6.54 Å². The number of rotatable bonds is 3. The summed E-state index contributed by atoms with van der Waals surface area (Å²) in [6.45, 7) is 0.127. The molecule has 0 aromatic carbocycles. The zero-order valence-corrected chi connectivity index (χ0v) is 12.4. The molecule has 11 heteroatoms. The largest absolute Gasteiger partial charge is 1.00 e. The maximum atomic E-state index is 11.7. The fraction of sp³-hybridized carbons (Fsp3) is 0.714. The molecule has 2 atom stereocenters. The van der Waals surface area contributed by atoms with Gasteiger partial charge in [-0.05, 0) is 12.8 Å². The Balaban J connectivity index is 0.00000162. The minimum atomic E-state index is -5.00. The van der Waals surface area contributed by atoms with Crippen molar-refractivity contribution < 1.29 is 56.4 Å². The summed E-state index contributed by atoms with van der Waals surface area (Å²) in [5.74, 6) is -0.663. The van der Waals surface area contributed by atoms with Gasteiger partial charge in [0.1, 0.15) is 6.04 Å². The summed E-state index contributed by atoms with van der Waals surface area (Å²) >= 11 is 0. The van der Waals surface area contributed by atoms with E-state index >= 15 is 0 Å².